The smallest absolute Gasteiger partial charge is 0.306 e. The van der Waals surface area contributed by atoms with Crippen LogP contribution in [0.15, 0.2) is 0 Å². The van der Waals surface area contributed by atoms with Crippen LogP contribution in [-0.2, 0) is 9.53 Å². The highest BCUT2D eigenvalue weighted by Crippen LogP contribution is 2.24. The van der Waals surface area contributed by atoms with Crippen molar-refractivity contribution < 1.29 is 9.53 Å². The first-order valence-corrected chi connectivity index (χ1v) is 4.86. The van der Waals surface area contributed by atoms with Crippen LogP contribution < -0.4 is 0 Å². The zero-order valence-electron chi connectivity index (χ0n) is 8.64. The number of carbonyl (C=O) groups excluding carboxylic acids is 1. The second-order valence-electron chi connectivity index (χ2n) is 3.07. The van der Waals surface area contributed by atoms with Gasteiger partial charge in [-0.05, 0) is 19.3 Å². The van der Waals surface area contributed by atoms with Crippen LogP contribution in [0.4, 0.5) is 0 Å². The van der Waals surface area contributed by atoms with Crippen molar-refractivity contribution in [2.75, 3.05) is 0 Å². The second-order valence-corrected chi connectivity index (χ2v) is 3.07. The van der Waals surface area contributed by atoms with Gasteiger partial charge >= 0.3 is 5.97 Å². The highest BCUT2D eigenvalue weighted by molar-refractivity contribution is 5.69. The van der Waals surface area contributed by atoms with Gasteiger partial charge < -0.3 is 4.74 Å². The van der Waals surface area contributed by atoms with E-state index in [1.165, 1.54) is 0 Å². The van der Waals surface area contributed by atoms with E-state index in [2.05, 4.69) is 20.8 Å². The molecule has 0 rings (SSSR count). The fourth-order valence-corrected chi connectivity index (χ4v) is 1.28. The van der Waals surface area contributed by atoms with E-state index in [0.717, 1.165) is 19.3 Å². The van der Waals surface area contributed by atoms with E-state index in [0.29, 0.717) is 6.42 Å². The van der Waals surface area contributed by atoms with Gasteiger partial charge in [0.1, 0.15) is 5.60 Å². The summed E-state index contributed by atoms with van der Waals surface area (Å²) in [4.78, 5) is 11.1. The largest absolute Gasteiger partial charge is 0.459 e. The Hall–Kier alpha value is -0.530. The molecule has 0 aromatic heterocycles. The number of hydrogen-bond donors (Lipinski definition) is 0. The fraction of sp³-hybridized carbons (Fsp3) is 0.909. The Labute approximate surface area is 82.7 Å². The predicted molar refractivity (Wildman–Crippen MR) is 56.7 cm³/mol. The molecule has 0 aromatic rings. The average molecular weight is 188 g/mol. The predicted octanol–water partition coefficient (Wildman–Crippen LogP) is 3.54. The van der Waals surface area contributed by atoms with E-state index in [-0.39, 0.29) is 19.0 Å². The van der Waals surface area contributed by atoms with Gasteiger partial charge in [0, 0.05) is 6.42 Å². The van der Waals surface area contributed by atoms with Crippen molar-refractivity contribution in [1.82, 2.24) is 0 Å². The molecule has 0 amide bonds. The Balaban J connectivity index is 0. The summed E-state index contributed by atoms with van der Waals surface area (Å²) >= 11 is 0. The topological polar surface area (TPSA) is 26.3 Å². The Morgan fingerprint density at radius 3 is 1.69 bits per heavy atom. The van der Waals surface area contributed by atoms with Gasteiger partial charge in [-0.15, -0.1) is 0 Å². The molecule has 0 aliphatic carbocycles. The molecule has 0 unspecified atom stereocenters. The van der Waals surface area contributed by atoms with Crippen molar-refractivity contribution in [3.05, 3.63) is 0 Å². The average Bonchev–Trinajstić information content (AvgIpc) is 2.14. The van der Waals surface area contributed by atoms with Crippen molar-refractivity contribution in [2.24, 2.45) is 0 Å². The van der Waals surface area contributed by atoms with Crippen molar-refractivity contribution in [3.8, 4) is 0 Å². The van der Waals surface area contributed by atoms with Crippen molar-refractivity contribution >= 4 is 5.97 Å². The standard InChI is InChI=1S/C10H20O2.CH4/c1-5-9(11)12-10(6-2,7-3)8-4;/h5-8H2,1-4H3;1H4. The first kappa shape index (κ1) is 15.0. The summed E-state index contributed by atoms with van der Waals surface area (Å²) in [5, 5.41) is 0. The van der Waals surface area contributed by atoms with Crippen molar-refractivity contribution in [3.63, 3.8) is 0 Å². The third kappa shape index (κ3) is 4.30. The summed E-state index contributed by atoms with van der Waals surface area (Å²) in [6.07, 6.45) is 3.20. The van der Waals surface area contributed by atoms with Gasteiger partial charge in [-0.2, -0.15) is 0 Å². The van der Waals surface area contributed by atoms with Crippen LogP contribution >= 0.6 is 0 Å². The van der Waals surface area contributed by atoms with Crippen LogP contribution in [-0.4, -0.2) is 11.6 Å². The molecular weight excluding hydrogens is 164 g/mol. The van der Waals surface area contributed by atoms with Crippen LogP contribution in [0.5, 0.6) is 0 Å². The minimum absolute atomic E-state index is 0. The number of carbonyl (C=O) groups is 1. The Morgan fingerprint density at radius 1 is 1.08 bits per heavy atom. The first-order chi connectivity index (χ1) is 5.64. The molecule has 0 heterocycles. The third-order valence-electron chi connectivity index (χ3n) is 2.55. The molecule has 0 fully saturated rings. The number of esters is 1. The molecule has 0 N–H and O–H groups in total. The molecule has 2 nitrogen and oxygen atoms in total. The fourth-order valence-electron chi connectivity index (χ4n) is 1.28. The second kappa shape index (κ2) is 6.93. The summed E-state index contributed by atoms with van der Waals surface area (Å²) < 4.78 is 5.40. The van der Waals surface area contributed by atoms with Crippen LogP contribution in [0.3, 0.4) is 0 Å². The lowest BCUT2D eigenvalue weighted by molar-refractivity contribution is -0.160. The van der Waals surface area contributed by atoms with E-state index >= 15 is 0 Å². The molecular formula is C11H24O2. The number of ether oxygens (including phenoxy) is 1. The molecule has 0 saturated carbocycles. The summed E-state index contributed by atoms with van der Waals surface area (Å²) in [5.41, 5.74) is -0.201. The molecule has 0 aliphatic rings. The molecule has 80 valence electrons. The van der Waals surface area contributed by atoms with Crippen molar-refractivity contribution in [2.45, 2.75) is 66.4 Å². The molecule has 0 radical (unpaired) electrons. The van der Waals surface area contributed by atoms with E-state index in [1.807, 2.05) is 6.92 Å². The van der Waals surface area contributed by atoms with Crippen LogP contribution in [0, 0.1) is 0 Å². The number of hydrogen-bond acceptors (Lipinski definition) is 2. The maximum atomic E-state index is 11.1. The summed E-state index contributed by atoms with van der Waals surface area (Å²) in [6.45, 7) is 8.02. The lowest BCUT2D eigenvalue weighted by Gasteiger charge is -2.30. The third-order valence-corrected chi connectivity index (χ3v) is 2.55. The molecule has 0 saturated heterocycles. The lowest BCUT2D eigenvalue weighted by atomic mass is 9.94. The van der Waals surface area contributed by atoms with Crippen LogP contribution in [0.1, 0.15) is 60.8 Å². The summed E-state index contributed by atoms with van der Waals surface area (Å²) in [6, 6.07) is 0. The highest BCUT2D eigenvalue weighted by Gasteiger charge is 2.27. The van der Waals surface area contributed by atoms with Gasteiger partial charge in [0.15, 0.2) is 0 Å². The molecule has 2 heteroatoms. The van der Waals surface area contributed by atoms with E-state index < -0.39 is 0 Å². The lowest BCUT2D eigenvalue weighted by Crippen LogP contribution is -2.32. The molecule has 0 atom stereocenters. The minimum Gasteiger partial charge on any atom is -0.459 e. The van der Waals surface area contributed by atoms with E-state index in [1.54, 1.807) is 0 Å². The summed E-state index contributed by atoms with van der Waals surface area (Å²) in [7, 11) is 0. The van der Waals surface area contributed by atoms with Gasteiger partial charge in [-0.3, -0.25) is 4.79 Å². The zero-order chi connectivity index (χ0) is 9.61. The SMILES string of the molecule is C.CCC(=O)OC(CC)(CC)CC. The molecule has 0 aliphatic heterocycles. The molecule has 0 spiro atoms. The van der Waals surface area contributed by atoms with Crippen LogP contribution in [0.2, 0.25) is 0 Å². The Bertz CT molecular complexity index is 129. The highest BCUT2D eigenvalue weighted by atomic mass is 16.6. The van der Waals surface area contributed by atoms with E-state index in [9.17, 15) is 4.79 Å². The van der Waals surface area contributed by atoms with Crippen LogP contribution in [0.25, 0.3) is 0 Å². The van der Waals surface area contributed by atoms with Gasteiger partial charge in [-0.25, -0.2) is 0 Å². The van der Waals surface area contributed by atoms with Gasteiger partial charge in [0.25, 0.3) is 0 Å². The van der Waals surface area contributed by atoms with Crippen molar-refractivity contribution in [1.29, 1.82) is 0 Å². The zero-order valence-corrected chi connectivity index (χ0v) is 8.64. The Kier molecular flexibility index (Phi) is 7.98. The van der Waals surface area contributed by atoms with Gasteiger partial charge in [0.05, 0.1) is 0 Å². The maximum absolute atomic E-state index is 11.1. The minimum atomic E-state index is -0.201. The normalized spacial score (nSPS) is 10.5. The van der Waals surface area contributed by atoms with E-state index in [4.69, 9.17) is 4.74 Å². The molecule has 0 aromatic carbocycles. The maximum Gasteiger partial charge on any atom is 0.306 e. The number of rotatable bonds is 5. The summed E-state index contributed by atoms with van der Waals surface area (Å²) in [5.74, 6) is -0.0828. The quantitative estimate of drug-likeness (QED) is 0.617. The van der Waals surface area contributed by atoms with Gasteiger partial charge in [0.2, 0.25) is 0 Å². The Morgan fingerprint density at radius 2 is 1.46 bits per heavy atom. The first-order valence-electron chi connectivity index (χ1n) is 4.86. The van der Waals surface area contributed by atoms with Gasteiger partial charge in [-0.1, -0.05) is 35.1 Å². The monoisotopic (exact) mass is 188 g/mol. The molecule has 13 heavy (non-hydrogen) atoms. The molecule has 0 bridgehead atoms.